The van der Waals surface area contributed by atoms with Crippen molar-refractivity contribution in [3.63, 3.8) is 0 Å². The Balaban J connectivity index is 1.40. The zero-order valence-electron chi connectivity index (χ0n) is 16.6. The molecule has 5 rings (SSSR count). The van der Waals surface area contributed by atoms with Gasteiger partial charge in [-0.1, -0.05) is 18.9 Å². The molecule has 3 aliphatic rings. The van der Waals surface area contributed by atoms with Crippen LogP contribution in [0.25, 0.3) is 0 Å². The van der Waals surface area contributed by atoms with Crippen molar-refractivity contribution in [1.82, 2.24) is 0 Å². The van der Waals surface area contributed by atoms with Gasteiger partial charge in [0.2, 0.25) is 0 Å². The minimum absolute atomic E-state index is 0.0504. The minimum Gasteiger partial charge on any atom is -0.486 e. The second-order valence-electron chi connectivity index (χ2n) is 7.89. The number of esters is 1. The number of carbonyl (C=O) groups excluding carboxylic acids is 1. The van der Waals surface area contributed by atoms with Crippen molar-refractivity contribution in [3.8, 4) is 17.2 Å². The molecule has 0 aromatic heterocycles. The molecule has 2 heterocycles. The standard InChI is InChI=1S/C23H23FO6/c24-18-9-15-12-26-14-30-21(15)16(10-18)13-29-22(25)23(5-1-2-6-23)17-3-4-19-20(11-17)28-8-7-27-19/h3-4,9-11H,1-2,5-8,12-14H2. The Morgan fingerprint density at radius 1 is 1.03 bits per heavy atom. The van der Waals surface area contributed by atoms with Gasteiger partial charge < -0.3 is 23.7 Å². The normalized spacial score (nSPS) is 19.0. The maximum atomic E-state index is 14.0. The molecular formula is C23H23FO6. The average Bonchev–Trinajstić information content (AvgIpc) is 3.28. The van der Waals surface area contributed by atoms with Crippen molar-refractivity contribution in [2.24, 2.45) is 0 Å². The van der Waals surface area contributed by atoms with Crippen LogP contribution < -0.4 is 14.2 Å². The molecule has 0 N–H and O–H groups in total. The second kappa shape index (κ2) is 7.80. The molecule has 1 saturated carbocycles. The van der Waals surface area contributed by atoms with Gasteiger partial charge >= 0.3 is 5.97 Å². The van der Waals surface area contributed by atoms with Gasteiger partial charge in [0, 0.05) is 11.1 Å². The van der Waals surface area contributed by atoms with Crippen LogP contribution in [-0.4, -0.2) is 26.0 Å². The summed E-state index contributed by atoms with van der Waals surface area (Å²) in [5.41, 5.74) is 1.28. The summed E-state index contributed by atoms with van der Waals surface area (Å²) in [4.78, 5) is 13.3. The number of hydrogen-bond acceptors (Lipinski definition) is 6. The lowest BCUT2D eigenvalue weighted by molar-refractivity contribution is -0.152. The van der Waals surface area contributed by atoms with Crippen LogP contribution in [0.3, 0.4) is 0 Å². The lowest BCUT2D eigenvalue weighted by atomic mass is 9.78. The molecule has 7 heteroatoms. The Hall–Kier alpha value is -2.80. The summed E-state index contributed by atoms with van der Waals surface area (Å²) >= 11 is 0. The highest BCUT2D eigenvalue weighted by Crippen LogP contribution is 2.45. The number of hydrogen-bond donors (Lipinski definition) is 0. The largest absolute Gasteiger partial charge is 0.486 e. The first-order valence-electron chi connectivity index (χ1n) is 10.2. The number of halogens is 1. The fourth-order valence-electron chi connectivity index (χ4n) is 4.58. The lowest BCUT2D eigenvalue weighted by Crippen LogP contribution is -2.35. The van der Waals surface area contributed by atoms with Gasteiger partial charge in [-0.2, -0.15) is 0 Å². The van der Waals surface area contributed by atoms with Crippen LogP contribution in [0.5, 0.6) is 17.2 Å². The van der Waals surface area contributed by atoms with Gasteiger partial charge in [-0.25, -0.2) is 4.39 Å². The highest BCUT2D eigenvalue weighted by atomic mass is 19.1. The molecule has 1 fully saturated rings. The van der Waals surface area contributed by atoms with Crippen molar-refractivity contribution in [1.29, 1.82) is 0 Å². The quantitative estimate of drug-likeness (QED) is 0.705. The predicted octanol–water partition coefficient (Wildman–Crippen LogP) is 4.02. The molecule has 0 spiro atoms. The number of fused-ring (bicyclic) bond motifs is 2. The van der Waals surface area contributed by atoms with E-state index < -0.39 is 11.2 Å². The first-order valence-corrected chi connectivity index (χ1v) is 10.2. The van der Waals surface area contributed by atoms with E-state index in [0.717, 1.165) is 18.4 Å². The van der Waals surface area contributed by atoms with E-state index in [1.54, 1.807) is 0 Å². The number of carbonyl (C=O) groups is 1. The first-order chi connectivity index (χ1) is 14.7. The van der Waals surface area contributed by atoms with Crippen LogP contribution in [0.1, 0.15) is 42.4 Å². The molecule has 0 bridgehead atoms. The Morgan fingerprint density at radius 2 is 1.83 bits per heavy atom. The van der Waals surface area contributed by atoms with Gasteiger partial charge in [0.1, 0.15) is 31.4 Å². The molecule has 6 nitrogen and oxygen atoms in total. The highest BCUT2D eigenvalue weighted by Gasteiger charge is 2.45. The molecule has 30 heavy (non-hydrogen) atoms. The van der Waals surface area contributed by atoms with E-state index in [2.05, 4.69) is 0 Å². The fourth-order valence-corrected chi connectivity index (χ4v) is 4.58. The SMILES string of the molecule is O=C(OCc1cc(F)cc2c1OCOC2)C1(c2ccc3c(c2)OCCO3)CCCC1. The lowest BCUT2D eigenvalue weighted by Gasteiger charge is -2.29. The molecule has 0 saturated heterocycles. The Labute approximate surface area is 173 Å². The molecule has 0 unspecified atom stereocenters. The zero-order chi connectivity index (χ0) is 20.6. The molecule has 158 valence electrons. The summed E-state index contributed by atoms with van der Waals surface area (Å²) < 4.78 is 41.8. The van der Waals surface area contributed by atoms with Crippen molar-refractivity contribution in [2.45, 2.75) is 44.3 Å². The molecule has 2 aromatic rings. The Kier molecular flexibility index (Phi) is 4.98. The topological polar surface area (TPSA) is 63.2 Å². The number of rotatable bonds is 4. The van der Waals surface area contributed by atoms with E-state index in [4.69, 9.17) is 23.7 Å². The summed E-state index contributed by atoms with van der Waals surface area (Å²) in [5, 5.41) is 0. The monoisotopic (exact) mass is 414 g/mol. The molecule has 2 aromatic carbocycles. The van der Waals surface area contributed by atoms with Gasteiger partial charge in [0.05, 0.1) is 12.0 Å². The average molecular weight is 414 g/mol. The summed E-state index contributed by atoms with van der Waals surface area (Å²) in [6, 6.07) is 8.40. The van der Waals surface area contributed by atoms with E-state index in [9.17, 15) is 9.18 Å². The van der Waals surface area contributed by atoms with Gasteiger partial charge in [-0.05, 0) is 42.7 Å². The van der Waals surface area contributed by atoms with Crippen molar-refractivity contribution in [3.05, 3.63) is 52.8 Å². The van der Waals surface area contributed by atoms with Crippen LogP contribution in [0, 0.1) is 5.82 Å². The van der Waals surface area contributed by atoms with E-state index in [1.807, 2.05) is 18.2 Å². The summed E-state index contributed by atoms with van der Waals surface area (Å²) in [6.07, 6.45) is 3.30. The predicted molar refractivity (Wildman–Crippen MR) is 104 cm³/mol. The molecule has 0 radical (unpaired) electrons. The molecule has 0 atom stereocenters. The third-order valence-corrected chi connectivity index (χ3v) is 6.05. The van der Waals surface area contributed by atoms with Crippen LogP contribution >= 0.6 is 0 Å². The summed E-state index contributed by atoms with van der Waals surface area (Å²) in [5.74, 6) is 1.18. The van der Waals surface area contributed by atoms with Crippen LogP contribution in [-0.2, 0) is 32.9 Å². The maximum Gasteiger partial charge on any atom is 0.316 e. The zero-order valence-corrected chi connectivity index (χ0v) is 16.6. The van der Waals surface area contributed by atoms with Crippen LogP contribution in [0.2, 0.25) is 0 Å². The van der Waals surface area contributed by atoms with E-state index in [0.29, 0.717) is 54.4 Å². The van der Waals surface area contributed by atoms with Gasteiger partial charge in [-0.15, -0.1) is 0 Å². The number of ether oxygens (including phenoxy) is 5. The molecular weight excluding hydrogens is 391 g/mol. The second-order valence-corrected chi connectivity index (χ2v) is 7.89. The Bertz CT molecular complexity index is 966. The van der Waals surface area contributed by atoms with Gasteiger partial charge in [-0.3, -0.25) is 4.79 Å². The minimum atomic E-state index is -0.729. The maximum absolute atomic E-state index is 14.0. The van der Waals surface area contributed by atoms with Gasteiger partial charge in [0.25, 0.3) is 0 Å². The van der Waals surface area contributed by atoms with Crippen molar-refractivity contribution < 1.29 is 32.9 Å². The van der Waals surface area contributed by atoms with E-state index in [-0.39, 0.29) is 26.0 Å². The Morgan fingerprint density at radius 3 is 2.67 bits per heavy atom. The third kappa shape index (κ3) is 3.37. The molecule has 0 amide bonds. The summed E-state index contributed by atoms with van der Waals surface area (Å²) in [7, 11) is 0. The van der Waals surface area contributed by atoms with E-state index >= 15 is 0 Å². The molecule has 2 aliphatic heterocycles. The van der Waals surface area contributed by atoms with Crippen LogP contribution in [0.4, 0.5) is 4.39 Å². The fraction of sp³-hybridized carbons (Fsp3) is 0.435. The van der Waals surface area contributed by atoms with Gasteiger partial charge in [0.15, 0.2) is 18.3 Å². The smallest absolute Gasteiger partial charge is 0.316 e. The first kappa shape index (κ1) is 19.2. The van der Waals surface area contributed by atoms with Crippen molar-refractivity contribution in [2.75, 3.05) is 20.0 Å². The third-order valence-electron chi connectivity index (χ3n) is 6.05. The summed E-state index contributed by atoms with van der Waals surface area (Å²) in [6.45, 7) is 1.33. The van der Waals surface area contributed by atoms with Crippen LogP contribution in [0.15, 0.2) is 30.3 Å². The highest BCUT2D eigenvalue weighted by molar-refractivity contribution is 5.84. The number of benzene rings is 2. The molecule has 1 aliphatic carbocycles. The van der Waals surface area contributed by atoms with E-state index in [1.165, 1.54) is 12.1 Å². The van der Waals surface area contributed by atoms with Crippen molar-refractivity contribution >= 4 is 5.97 Å².